The fraction of sp³-hybridized carbons (Fsp3) is 0.444. The highest BCUT2D eigenvalue weighted by atomic mass is 35.5. The van der Waals surface area contributed by atoms with Gasteiger partial charge in [-0.05, 0) is 98.3 Å². The summed E-state index contributed by atoms with van der Waals surface area (Å²) < 4.78 is 13.2. The van der Waals surface area contributed by atoms with Crippen LogP contribution in [0.5, 0.6) is 0 Å². The maximum atomic E-state index is 13.8. The summed E-state index contributed by atoms with van der Waals surface area (Å²) in [6.45, 7) is 5.18. The lowest BCUT2D eigenvalue weighted by atomic mass is 9.71. The normalized spacial score (nSPS) is 21.1. The Labute approximate surface area is 265 Å². The van der Waals surface area contributed by atoms with Crippen molar-refractivity contribution < 1.29 is 19.1 Å². The second-order valence-corrected chi connectivity index (χ2v) is 12.9. The van der Waals surface area contributed by atoms with Gasteiger partial charge in [-0.2, -0.15) is 0 Å². The van der Waals surface area contributed by atoms with Gasteiger partial charge in [0, 0.05) is 31.7 Å². The predicted molar refractivity (Wildman–Crippen MR) is 172 cm³/mol. The molecule has 2 heterocycles. The van der Waals surface area contributed by atoms with Crippen LogP contribution in [0.3, 0.4) is 0 Å². The highest BCUT2D eigenvalue weighted by molar-refractivity contribution is 6.31. The fourth-order valence-corrected chi connectivity index (χ4v) is 6.94. The monoisotopic (exact) mass is 619 g/mol. The Morgan fingerprint density at radius 3 is 2.18 bits per heavy atom. The van der Waals surface area contributed by atoms with Crippen molar-refractivity contribution in [1.29, 1.82) is 0 Å². The number of benzene rings is 3. The molecule has 1 aliphatic carbocycles. The van der Waals surface area contributed by atoms with Crippen LogP contribution in [0.2, 0.25) is 5.02 Å². The van der Waals surface area contributed by atoms with Gasteiger partial charge in [-0.15, -0.1) is 0 Å². The first-order chi connectivity index (χ1) is 21.3. The van der Waals surface area contributed by atoms with E-state index in [1.54, 1.807) is 18.2 Å². The fourth-order valence-electron chi connectivity index (χ4n) is 6.75. The van der Waals surface area contributed by atoms with Crippen molar-refractivity contribution >= 4 is 23.6 Å². The number of carboxylic acid groups (broad SMARTS) is 1. The molecule has 0 radical (unpaired) electrons. The van der Waals surface area contributed by atoms with Gasteiger partial charge in [0.25, 0.3) is 0 Å². The van der Waals surface area contributed by atoms with Gasteiger partial charge in [0.1, 0.15) is 5.82 Å². The summed E-state index contributed by atoms with van der Waals surface area (Å²) in [6, 6.07) is 24.7. The van der Waals surface area contributed by atoms with Crippen molar-refractivity contribution in [2.45, 2.75) is 56.4 Å². The molecule has 1 saturated carbocycles. The summed E-state index contributed by atoms with van der Waals surface area (Å²) in [6.07, 6.45) is 5.55. The molecule has 2 aliphatic heterocycles. The lowest BCUT2D eigenvalue weighted by molar-refractivity contribution is -0.140. The van der Waals surface area contributed by atoms with E-state index in [0.717, 1.165) is 64.0 Å². The third-order valence-electron chi connectivity index (χ3n) is 9.49. The Kier molecular flexibility index (Phi) is 10.6. The summed E-state index contributed by atoms with van der Waals surface area (Å²) in [5.74, 6) is 1.42. The minimum atomic E-state index is -0.958. The van der Waals surface area contributed by atoms with E-state index in [4.69, 9.17) is 16.7 Å². The van der Waals surface area contributed by atoms with E-state index in [1.165, 1.54) is 35.9 Å². The Morgan fingerprint density at radius 2 is 1.55 bits per heavy atom. The van der Waals surface area contributed by atoms with E-state index in [0.29, 0.717) is 29.3 Å². The van der Waals surface area contributed by atoms with E-state index in [9.17, 15) is 14.0 Å². The van der Waals surface area contributed by atoms with E-state index in [1.807, 2.05) is 36.4 Å². The lowest BCUT2D eigenvalue weighted by Crippen LogP contribution is -2.54. The third kappa shape index (κ3) is 7.80. The van der Waals surface area contributed by atoms with Crippen LogP contribution in [0.4, 0.5) is 9.18 Å². The zero-order valence-electron chi connectivity index (χ0n) is 25.5. The van der Waals surface area contributed by atoms with Gasteiger partial charge in [-0.1, -0.05) is 72.3 Å². The van der Waals surface area contributed by atoms with E-state index in [-0.39, 0.29) is 11.2 Å². The molecule has 6 nitrogen and oxygen atoms in total. The first-order valence-corrected chi connectivity index (χ1v) is 16.1. The number of hydrogen-bond donors (Lipinski definition) is 1. The SMILES string of the molecule is CN(Cc1ccccc1Cl)C(=O)O.O=C(N1CCCCC1)C1(c2ccccc2)CCN(C[C@@H]2C[C@@H]2c2ccc(F)cc2)CC1. The minimum absolute atomic E-state index is 0.160. The zero-order chi connectivity index (χ0) is 31.1. The Balaban J connectivity index is 0.000000249. The molecule has 3 aromatic carbocycles. The van der Waals surface area contributed by atoms with Crippen molar-refractivity contribution in [1.82, 2.24) is 14.7 Å². The average Bonchev–Trinajstić information content (AvgIpc) is 3.82. The molecule has 0 unspecified atom stereocenters. The summed E-state index contributed by atoms with van der Waals surface area (Å²) in [5, 5.41) is 9.21. The van der Waals surface area contributed by atoms with Crippen LogP contribution in [0, 0.1) is 11.7 Å². The summed E-state index contributed by atoms with van der Waals surface area (Å²) in [4.78, 5) is 30.1. The predicted octanol–water partition coefficient (Wildman–Crippen LogP) is 7.43. The van der Waals surface area contributed by atoms with Gasteiger partial charge in [-0.25, -0.2) is 9.18 Å². The largest absolute Gasteiger partial charge is 0.465 e. The number of hydrogen-bond acceptors (Lipinski definition) is 3. The van der Waals surface area contributed by atoms with Crippen LogP contribution in [-0.2, 0) is 16.8 Å². The van der Waals surface area contributed by atoms with Gasteiger partial charge in [-0.3, -0.25) is 4.79 Å². The smallest absolute Gasteiger partial charge is 0.407 e. The number of halogens is 2. The first-order valence-electron chi connectivity index (χ1n) is 15.8. The van der Waals surface area contributed by atoms with Crippen LogP contribution < -0.4 is 0 Å². The summed E-state index contributed by atoms with van der Waals surface area (Å²) >= 11 is 5.85. The van der Waals surface area contributed by atoms with Crippen LogP contribution in [0.25, 0.3) is 0 Å². The van der Waals surface area contributed by atoms with Crippen molar-refractivity contribution in [2.75, 3.05) is 39.8 Å². The van der Waals surface area contributed by atoms with Crippen LogP contribution in [0.1, 0.15) is 61.1 Å². The number of nitrogens with zero attached hydrogens (tertiary/aromatic N) is 3. The molecule has 3 aliphatic rings. The summed E-state index contributed by atoms with van der Waals surface area (Å²) in [7, 11) is 1.51. The van der Waals surface area contributed by atoms with E-state index >= 15 is 0 Å². The van der Waals surface area contributed by atoms with Gasteiger partial charge in [0.05, 0.1) is 12.0 Å². The second kappa shape index (κ2) is 14.6. The number of carbonyl (C=O) groups is 2. The molecule has 2 atom stereocenters. The Hall–Kier alpha value is -3.42. The maximum Gasteiger partial charge on any atom is 0.407 e. The Morgan fingerprint density at radius 1 is 0.909 bits per heavy atom. The van der Waals surface area contributed by atoms with Crippen molar-refractivity contribution in [2.24, 2.45) is 5.92 Å². The minimum Gasteiger partial charge on any atom is -0.465 e. The molecule has 6 rings (SSSR count). The highest BCUT2D eigenvalue weighted by Crippen LogP contribution is 2.48. The highest BCUT2D eigenvalue weighted by Gasteiger charge is 2.46. The molecule has 0 spiro atoms. The molecule has 2 saturated heterocycles. The van der Waals surface area contributed by atoms with Gasteiger partial charge in [0.15, 0.2) is 0 Å². The number of likely N-dealkylation sites (tertiary alicyclic amines) is 2. The summed E-state index contributed by atoms with van der Waals surface area (Å²) in [5.41, 5.74) is 2.91. The second-order valence-electron chi connectivity index (χ2n) is 12.5. The molecule has 234 valence electrons. The quantitative estimate of drug-likeness (QED) is 0.299. The first kappa shape index (κ1) is 32.0. The Bertz CT molecular complexity index is 1390. The van der Waals surface area contributed by atoms with Crippen molar-refractivity contribution in [3.05, 3.63) is 106 Å². The van der Waals surface area contributed by atoms with Crippen LogP contribution >= 0.6 is 11.6 Å². The van der Waals surface area contributed by atoms with Gasteiger partial charge < -0.3 is 19.8 Å². The molecule has 3 fully saturated rings. The molecular formula is C36H43ClFN3O3. The molecule has 44 heavy (non-hydrogen) atoms. The molecule has 2 amide bonds. The topological polar surface area (TPSA) is 64.1 Å². The lowest BCUT2D eigenvalue weighted by Gasteiger charge is -2.44. The molecule has 8 heteroatoms. The van der Waals surface area contributed by atoms with E-state index < -0.39 is 6.09 Å². The number of rotatable bonds is 7. The molecule has 1 N–H and O–H groups in total. The maximum absolute atomic E-state index is 13.8. The molecule has 0 bridgehead atoms. The van der Waals surface area contributed by atoms with Crippen LogP contribution in [-0.4, -0.2) is 71.6 Å². The molecule has 3 aromatic rings. The average molecular weight is 620 g/mol. The van der Waals surface area contributed by atoms with Crippen LogP contribution in [0.15, 0.2) is 78.9 Å². The van der Waals surface area contributed by atoms with Gasteiger partial charge in [0.2, 0.25) is 5.91 Å². The van der Waals surface area contributed by atoms with E-state index in [2.05, 4.69) is 34.1 Å². The zero-order valence-corrected chi connectivity index (χ0v) is 26.3. The van der Waals surface area contributed by atoms with Crippen molar-refractivity contribution in [3.8, 4) is 0 Å². The molecular weight excluding hydrogens is 577 g/mol. The van der Waals surface area contributed by atoms with Crippen molar-refractivity contribution in [3.63, 3.8) is 0 Å². The molecule has 0 aromatic heterocycles. The van der Waals surface area contributed by atoms with Gasteiger partial charge >= 0.3 is 6.09 Å². The number of amides is 2. The standard InChI is InChI=1S/C27H33FN2O.C9H10ClNO2/c28-24-11-9-21(10-12-24)25-19-22(25)20-29-17-13-27(14-18-29,23-7-3-1-4-8-23)26(31)30-15-5-2-6-16-30;1-11(9(12)13)6-7-4-2-3-5-8(7)10/h1,3-4,7-12,22,25H,2,5-6,13-20H2;2-5H,6H2,1H3,(H,12,13)/t22-,25+;/m0./s1. The third-order valence-corrected chi connectivity index (χ3v) is 9.86. The number of carbonyl (C=O) groups excluding carboxylic acids is 1. The number of piperidine rings is 2.